The molecule has 0 unspecified atom stereocenters. The molecule has 1 heterocycles. The Balaban J connectivity index is 1.86. The van der Waals surface area contributed by atoms with Gasteiger partial charge in [0.15, 0.2) is 0 Å². The zero-order chi connectivity index (χ0) is 19.4. The molecule has 1 aromatic heterocycles. The third-order valence-electron chi connectivity index (χ3n) is 3.59. The van der Waals surface area contributed by atoms with E-state index in [1.165, 1.54) is 17.5 Å². The molecule has 0 aliphatic heterocycles. The first-order valence-corrected chi connectivity index (χ1v) is 8.89. The second-order valence-corrected chi connectivity index (χ2v) is 6.68. The minimum Gasteiger partial charge on any atom is -0.359 e. The lowest BCUT2D eigenvalue weighted by molar-refractivity contribution is -0.137. The number of nitrogens with zero attached hydrogens (tertiary/aromatic N) is 2. The number of thiazole rings is 1. The van der Waals surface area contributed by atoms with Gasteiger partial charge in [0.25, 0.3) is 0 Å². The predicted octanol–water partition coefficient (Wildman–Crippen LogP) is 6.46. The Morgan fingerprint density at radius 1 is 1.19 bits per heavy atom. The van der Waals surface area contributed by atoms with Crippen molar-refractivity contribution in [2.45, 2.75) is 6.18 Å². The van der Waals surface area contributed by atoms with Crippen molar-refractivity contribution in [1.82, 2.24) is 4.98 Å². The summed E-state index contributed by atoms with van der Waals surface area (Å²) in [6, 6.07) is 14.4. The van der Waals surface area contributed by atoms with Gasteiger partial charge in [-0.15, -0.1) is 11.3 Å². The van der Waals surface area contributed by atoms with Crippen LogP contribution in [0.3, 0.4) is 0 Å². The van der Waals surface area contributed by atoms with Crippen LogP contribution in [-0.4, -0.2) is 4.98 Å². The SMILES string of the molecule is N#C/C(=C\Nc1cc(C(F)(F)F)ccc1Cl)c1nc(-c2ccccc2)cs1. The summed E-state index contributed by atoms with van der Waals surface area (Å²) in [6.07, 6.45) is -3.18. The van der Waals surface area contributed by atoms with Gasteiger partial charge in [0.05, 0.1) is 22.0 Å². The highest BCUT2D eigenvalue weighted by Gasteiger charge is 2.30. The number of halogens is 4. The van der Waals surface area contributed by atoms with E-state index < -0.39 is 11.7 Å². The third-order valence-corrected chi connectivity index (χ3v) is 4.80. The molecule has 3 aromatic rings. The highest BCUT2D eigenvalue weighted by atomic mass is 35.5. The standard InChI is InChI=1S/C19H11ClF3N3S/c20-15-7-6-14(19(21,22)23)8-16(15)25-10-13(9-24)18-26-17(11-27-18)12-4-2-1-3-5-12/h1-8,10-11,25H/b13-10+. The molecule has 136 valence electrons. The number of nitrogens with one attached hydrogen (secondary N) is 1. The summed E-state index contributed by atoms with van der Waals surface area (Å²) < 4.78 is 38.5. The van der Waals surface area contributed by atoms with Gasteiger partial charge in [0.1, 0.15) is 16.6 Å². The van der Waals surface area contributed by atoms with E-state index in [9.17, 15) is 18.4 Å². The fourth-order valence-corrected chi connectivity index (χ4v) is 3.21. The maximum Gasteiger partial charge on any atom is 0.416 e. The molecule has 0 bridgehead atoms. The molecule has 0 atom stereocenters. The van der Waals surface area contributed by atoms with Crippen molar-refractivity contribution in [2.75, 3.05) is 5.32 Å². The lowest BCUT2D eigenvalue weighted by Gasteiger charge is -2.10. The predicted molar refractivity (Wildman–Crippen MR) is 101 cm³/mol. The Labute approximate surface area is 162 Å². The van der Waals surface area contributed by atoms with E-state index in [-0.39, 0.29) is 16.3 Å². The summed E-state index contributed by atoms with van der Waals surface area (Å²) in [5, 5.41) is 14.4. The highest BCUT2D eigenvalue weighted by molar-refractivity contribution is 7.11. The summed E-state index contributed by atoms with van der Waals surface area (Å²) >= 11 is 7.22. The Morgan fingerprint density at radius 2 is 1.93 bits per heavy atom. The number of nitriles is 1. The van der Waals surface area contributed by atoms with E-state index in [1.807, 2.05) is 41.8 Å². The summed E-state index contributed by atoms with van der Waals surface area (Å²) in [7, 11) is 0. The van der Waals surface area contributed by atoms with Crippen LogP contribution < -0.4 is 5.32 Å². The van der Waals surface area contributed by atoms with E-state index in [1.54, 1.807) is 0 Å². The van der Waals surface area contributed by atoms with Crippen molar-refractivity contribution in [3.05, 3.63) is 75.7 Å². The largest absolute Gasteiger partial charge is 0.416 e. The second kappa shape index (κ2) is 7.82. The van der Waals surface area contributed by atoms with Crippen LogP contribution in [0.4, 0.5) is 18.9 Å². The van der Waals surface area contributed by atoms with Crippen LogP contribution in [0, 0.1) is 11.3 Å². The van der Waals surface area contributed by atoms with Gasteiger partial charge in [-0.2, -0.15) is 18.4 Å². The monoisotopic (exact) mass is 405 g/mol. The molecule has 0 fully saturated rings. The van der Waals surface area contributed by atoms with Gasteiger partial charge in [-0.05, 0) is 18.2 Å². The molecule has 1 N–H and O–H groups in total. The second-order valence-electron chi connectivity index (χ2n) is 5.41. The van der Waals surface area contributed by atoms with Crippen molar-refractivity contribution in [3.8, 4) is 17.3 Å². The quantitative estimate of drug-likeness (QED) is 0.507. The number of allylic oxidation sites excluding steroid dienone is 1. The molecule has 0 amide bonds. The van der Waals surface area contributed by atoms with E-state index in [0.717, 1.165) is 23.8 Å². The lowest BCUT2D eigenvalue weighted by Crippen LogP contribution is -2.05. The highest BCUT2D eigenvalue weighted by Crippen LogP contribution is 2.34. The van der Waals surface area contributed by atoms with E-state index in [0.29, 0.717) is 10.7 Å². The summed E-state index contributed by atoms with van der Waals surface area (Å²) in [6.45, 7) is 0. The molecule has 0 aliphatic carbocycles. The van der Waals surface area contributed by atoms with Crippen LogP contribution in [-0.2, 0) is 6.18 Å². The van der Waals surface area contributed by atoms with Gasteiger partial charge >= 0.3 is 6.18 Å². The van der Waals surface area contributed by atoms with Crippen LogP contribution in [0.5, 0.6) is 0 Å². The first-order chi connectivity index (χ1) is 12.9. The number of rotatable bonds is 4. The van der Waals surface area contributed by atoms with E-state index in [2.05, 4.69) is 10.3 Å². The van der Waals surface area contributed by atoms with Crippen molar-refractivity contribution < 1.29 is 13.2 Å². The molecule has 2 aromatic carbocycles. The van der Waals surface area contributed by atoms with E-state index >= 15 is 0 Å². The average Bonchev–Trinajstić information content (AvgIpc) is 3.13. The Hall–Kier alpha value is -2.82. The Kier molecular flexibility index (Phi) is 5.49. The zero-order valence-corrected chi connectivity index (χ0v) is 15.2. The minimum atomic E-state index is -4.48. The summed E-state index contributed by atoms with van der Waals surface area (Å²) in [5.41, 5.74) is 1.04. The molecule has 3 rings (SSSR count). The maximum absolute atomic E-state index is 12.8. The van der Waals surface area contributed by atoms with Crippen LogP contribution in [0.1, 0.15) is 10.6 Å². The van der Waals surface area contributed by atoms with Crippen LogP contribution in [0.25, 0.3) is 16.8 Å². The Morgan fingerprint density at radius 3 is 2.59 bits per heavy atom. The van der Waals surface area contributed by atoms with E-state index in [4.69, 9.17) is 11.6 Å². The molecular formula is C19H11ClF3N3S. The van der Waals surface area contributed by atoms with Gasteiger partial charge < -0.3 is 5.32 Å². The molecule has 0 saturated carbocycles. The molecule has 27 heavy (non-hydrogen) atoms. The van der Waals surface area contributed by atoms with Crippen molar-refractivity contribution >= 4 is 34.2 Å². The van der Waals surface area contributed by atoms with Crippen molar-refractivity contribution in [2.24, 2.45) is 0 Å². The third kappa shape index (κ3) is 4.48. The zero-order valence-electron chi connectivity index (χ0n) is 13.6. The smallest absolute Gasteiger partial charge is 0.359 e. The van der Waals surface area contributed by atoms with Gasteiger partial charge in [-0.25, -0.2) is 4.98 Å². The van der Waals surface area contributed by atoms with Crippen LogP contribution in [0.2, 0.25) is 5.02 Å². The topological polar surface area (TPSA) is 48.7 Å². The van der Waals surface area contributed by atoms with Crippen molar-refractivity contribution in [3.63, 3.8) is 0 Å². The molecule has 0 saturated heterocycles. The molecule has 0 radical (unpaired) electrons. The summed E-state index contributed by atoms with van der Waals surface area (Å²) in [5.74, 6) is 0. The van der Waals surface area contributed by atoms with Gasteiger partial charge in [-0.3, -0.25) is 0 Å². The maximum atomic E-state index is 12.8. The Bertz CT molecular complexity index is 1020. The first-order valence-electron chi connectivity index (χ1n) is 7.63. The molecule has 0 spiro atoms. The summed E-state index contributed by atoms with van der Waals surface area (Å²) in [4.78, 5) is 4.42. The van der Waals surface area contributed by atoms with Crippen LogP contribution in [0.15, 0.2) is 60.1 Å². The number of hydrogen-bond acceptors (Lipinski definition) is 4. The van der Waals surface area contributed by atoms with Gasteiger partial charge in [0, 0.05) is 17.1 Å². The van der Waals surface area contributed by atoms with Gasteiger partial charge in [-0.1, -0.05) is 41.9 Å². The lowest BCUT2D eigenvalue weighted by atomic mass is 10.2. The van der Waals surface area contributed by atoms with Crippen LogP contribution >= 0.6 is 22.9 Å². The number of aromatic nitrogens is 1. The molecule has 0 aliphatic rings. The normalized spacial score (nSPS) is 11.9. The molecule has 8 heteroatoms. The van der Waals surface area contributed by atoms with Crippen molar-refractivity contribution in [1.29, 1.82) is 5.26 Å². The minimum absolute atomic E-state index is 0.0547. The number of anilines is 1. The number of benzene rings is 2. The fraction of sp³-hybridized carbons (Fsp3) is 0.0526. The number of alkyl halides is 3. The average molecular weight is 406 g/mol. The first kappa shape index (κ1) is 19.0. The molecular weight excluding hydrogens is 395 g/mol. The van der Waals surface area contributed by atoms with Gasteiger partial charge in [0.2, 0.25) is 0 Å². The number of hydrogen-bond donors (Lipinski definition) is 1. The fourth-order valence-electron chi connectivity index (χ4n) is 2.24. The molecule has 3 nitrogen and oxygen atoms in total.